The minimum atomic E-state index is 0.225. The van der Waals surface area contributed by atoms with Gasteiger partial charge in [-0.25, -0.2) is 4.98 Å². The van der Waals surface area contributed by atoms with Crippen LogP contribution >= 0.6 is 11.6 Å². The Morgan fingerprint density at radius 1 is 1.39 bits per heavy atom. The maximum absolute atomic E-state index is 6.12. The van der Waals surface area contributed by atoms with E-state index in [0.29, 0.717) is 0 Å². The lowest BCUT2D eigenvalue weighted by molar-refractivity contribution is 0.563. The molecule has 0 spiro atoms. The number of nitrogens with one attached hydrogen (secondary N) is 1. The Labute approximate surface area is 113 Å². The van der Waals surface area contributed by atoms with Crippen LogP contribution in [-0.2, 0) is 13.5 Å². The molecule has 2 aromatic rings. The molecule has 1 aromatic heterocycles. The van der Waals surface area contributed by atoms with Crippen molar-refractivity contribution in [2.45, 2.75) is 19.4 Å². The molecule has 18 heavy (non-hydrogen) atoms. The molecule has 0 aliphatic heterocycles. The van der Waals surface area contributed by atoms with E-state index in [4.69, 9.17) is 11.6 Å². The number of nitrogens with zero attached hydrogens (tertiary/aromatic N) is 2. The Hall–Kier alpha value is -1.32. The number of imidazole rings is 1. The summed E-state index contributed by atoms with van der Waals surface area (Å²) < 4.78 is 2.04. The highest BCUT2D eigenvalue weighted by Crippen LogP contribution is 2.22. The molecule has 0 radical (unpaired) electrons. The lowest BCUT2D eigenvalue weighted by Gasteiger charge is -2.17. The first kappa shape index (κ1) is 13.1. The van der Waals surface area contributed by atoms with Gasteiger partial charge in [0.25, 0.3) is 0 Å². The predicted octanol–water partition coefficient (Wildman–Crippen LogP) is 2.89. The summed E-state index contributed by atoms with van der Waals surface area (Å²) in [7, 11) is 3.97. The average molecular weight is 264 g/mol. The van der Waals surface area contributed by atoms with Crippen LogP contribution in [-0.4, -0.2) is 16.6 Å². The molecule has 96 valence electrons. The molecule has 0 amide bonds. The van der Waals surface area contributed by atoms with Crippen LogP contribution in [0.1, 0.15) is 23.0 Å². The van der Waals surface area contributed by atoms with Gasteiger partial charge in [-0.05, 0) is 37.2 Å². The van der Waals surface area contributed by atoms with E-state index in [1.165, 1.54) is 11.1 Å². The first-order chi connectivity index (χ1) is 8.60. The van der Waals surface area contributed by atoms with E-state index in [1.54, 1.807) is 0 Å². The molecule has 0 fully saturated rings. The van der Waals surface area contributed by atoms with E-state index in [2.05, 4.69) is 23.3 Å². The molecule has 1 heterocycles. The molecule has 1 N–H and O–H groups in total. The van der Waals surface area contributed by atoms with Gasteiger partial charge >= 0.3 is 0 Å². The van der Waals surface area contributed by atoms with Crippen molar-refractivity contribution in [2.24, 2.45) is 7.05 Å². The second-order valence-electron chi connectivity index (χ2n) is 4.56. The summed E-state index contributed by atoms with van der Waals surface area (Å²) in [6, 6.07) is 6.37. The molecule has 0 aliphatic carbocycles. The standard InChI is InChI=1S/C14H18ClN3/c1-10-6-11(8-12(15)7-10)13(16-2)9-14-17-4-5-18(14)3/h4-8,13,16H,9H2,1-3H3. The molecule has 0 aliphatic rings. The summed E-state index contributed by atoms with van der Waals surface area (Å²) in [5.41, 5.74) is 2.38. The third-order valence-corrected chi connectivity index (χ3v) is 3.34. The quantitative estimate of drug-likeness (QED) is 0.919. The number of halogens is 1. The highest BCUT2D eigenvalue weighted by molar-refractivity contribution is 6.30. The van der Waals surface area contributed by atoms with Crippen molar-refractivity contribution in [3.8, 4) is 0 Å². The smallest absolute Gasteiger partial charge is 0.110 e. The van der Waals surface area contributed by atoms with Crippen LogP contribution in [0.2, 0.25) is 5.02 Å². The van der Waals surface area contributed by atoms with Gasteiger partial charge in [-0.3, -0.25) is 0 Å². The molecule has 1 unspecified atom stereocenters. The molecule has 4 heteroatoms. The molecule has 1 aromatic carbocycles. The average Bonchev–Trinajstić information content (AvgIpc) is 2.70. The number of rotatable bonds is 4. The van der Waals surface area contributed by atoms with Gasteiger partial charge in [0.15, 0.2) is 0 Å². The van der Waals surface area contributed by atoms with Gasteiger partial charge in [-0.15, -0.1) is 0 Å². The van der Waals surface area contributed by atoms with Crippen LogP contribution in [0.4, 0.5) is 0 Å². The third kappa shape index (κ3) is 2.92. The number of benzene rings is 1. The van der Waals surface area contributed by atoms with Gasteiger partial charge in [0.2, 0.25) is 0 Å². The maximum Gasteiger partial charge on any atom is 0.110 e. The summed E-state index contributed by atoms with van der Waals surface area (Å²) in [4.78, 5) is 4.36. The number of aromatic nitrogens is 2. The normalized spacial score (nSPS) is 12.7. The Kier molecular flexibility index (Phi) is 4.04. The van der Waals surface area contributed by atoms with E-state index in [-0.39, 0.29) is 6.04 Å². The third-order valence-electron chi connectivity index (χ3n) is 3.12. The Morgan fingerprint density at radius 2 is 2.17 bits per heavy atom. The van der Waals surface area contributed by atoms with Crippen LogP contribution in [0.5, 0.6) is 0 Å². The van der Waals surface area contributed by atoms with Gasteiger partial charge < -0.3 is 9.88 Å². The minimum Gasteiger partial charge on any atom is -0.338 e. The molecule has 3 nitrogen and oxygen atoms in total. The highest BCUT2D eigenvalue weighted by atomic mass is 35.5. The Morgan fingerprint density at radius 3 is 2.72 bits per heavy atom. The van der Waals surface area contributed by atoms with E-state index in [0.717, 1.165) is 17.3 Å². The first-order valence-corrected chi connectivity index (χ1v) is 6.38. The van der Waals surface area contributed by atoms with Crippen LogP contribution in [0.25, 0.3) is 0 Å². The van der Waals surface area contributed by atoms with E-state index >= 15 is 0 Å². The van der Waals surface area contributed by atoms with Crippen molar-refractivity contribution in [3.05, 3.63) is 52.6 Å². The molecule has 1 atom stereocenters. The zero-order valence-corrected chi connectivity index (χ0v) is 11.7. The number of likely N-dealkylation sites (N-methyl/N-ethyl adjacent to an activating group) is 1. The second kappa shape index (κ2) is 5.55. The van der Waals surface area contributed by atoms with Gasteiger partial charge in [0.1, 0.15) is 5.82 Å². The van der Waals surface area contributed by atoms with Crippen molar-refractivity contribution >= 4 is 11.6 Å². The van der Waals surface area contributed by atoms with Crippen molar-refractivity contribution in [2.75, 3.05) is 7.05 Å². The molecule has 0 bridgehead atoms. The SMILES string of the molecule is CNC(Cc1nccn1C)c1cc(C)cc(Cl)c1. The van der Waals surface area contributed by atoms with Crippen molar-refractivity contribution in [3.63, 3.8) is 0 Å². The summed E-state index contributed by atoms with van der Waals surface area (Å²) in [5, 5.41) is 4.11. The van der Waals surface area contributed by atoms with E-state index in [1.807, 2.05) is 43.2 Å². The van der Waals surface area contributed by atoms with Crippen molar-refractivity contribution < 1.29 is 0 Å². The maximum atomic E-state index is 6.12. The Balaban J connectivity index is 2.25. The zero-order valence-electron chi connectivity index (χ0n) is 10.9. The number of aryl methyl sites for hydroxylation is 2. The van der Waals surface area contributed by atoms with Crippen LogP contribution in [0.3, 0.4) is 0 Å². The summed E-state index contributed by atoms with van der Waals surface area (Å²) >= 11 is 6.12. The summed E-state index contributed by atoms with van der Waals surface area (Å²) in [5.74, 6) is 1.06. The minimum absolute atomic E-state index is 0.225. The Bertz CT molecular complexity index is 513. The van der Waals surface area contributed by atoms with Crippen LogP contribution in [0.15, 0.2) is 30.6 Å². The van der Waals surface area contributed by atoms with Gasteiger partial charge in [0, 0.05) is 36.9 Å². The first-order valence-electron chi connectivity index (χ1n) is 6.00. The van der Waals surface area contributed by atoms with E-state index < -0.39 is 0 Å². The van der Waals surface area contributed by atoms with Crippen molar-refractivity contribution in [1.82, 2.24) is 14.9 Å². The molecule has 2 rings (SSSR count). The fraction of sp³-hybridized carbons (Fsp3) is 0.357. The van der Waals surface area contributed by atoms with Crippen molar-refractivity contribution in [1.29, 1.82) is 0 Å². The number of hydrogen-bond acceptors (Lipinski definition) is 2. The van der Waals surface area contributed by atoms with Gasteiger partial charge in [-0.2, -0.15) is 0 Å². The fourth-order valence-corrected chi connectivity index (χ4v) is 2.43. The molecule has 0 saturated heterocycles. The van der Waals surface area contributed by atoms with E-state index in [9.17, 15) is 0 Å². The lowest BCUT2D eigenvalue weighted by atomic mass is 10.0. The largest absolute Gasteiger partial charge is 0.338 e. The fourth-order valence-electron chi connectivity index (χ4n) is 2.13. The zero-order chi connectivity index (χ0) is 13.1. The van der Waals surface area contributed by atoms with Gasteiger partial charge in [-0.1, -0.05) is 17.7 Å². The molecule has 0 saturated carbocycles. The monoisotopic (exact) mass is 263 g/mol. The van der Waals surface area contributed by atoms with Crippen LogP contribution in [0, 0.1) is 6.92 Å². The molecular weight excluding hydrogens is 246 g/mol. The predicted molar refractivity (Wildman–Crippen MR) is 74.9 cm³/mol. The topological polar surface area (TPSA) is 29.9 Å². The summed E-state index contributed by atoms with van der Waals surface area (Å²) in [6.45, 7) is 2.06. The summed E-state index contributed by atoms with van der Waals surface area (Å²) in [6.07, 6.45) is 4.64. The molecular formula is C14H18ClN3. The second-order valence-corrected chi connectivity index (χ2v) is 5.00. The highest BCUT2D eigenvalue weighted by Gasteiger charge is 2.13. The van der Waals surface area contributed by atoms with Gasteiger partial charge in [0.05, 0.1) is 0 Å². The lowest BCUT2D eigenvalue weighted by Crippen LogP contribution is -2.20. The van der Waals surface area contributed by atoms with Crippen LogP contribution < -0.4 is 5.32 Å². The number of hydrogen-bond donors (Lipinski definition) is 1.